The molecule has 1 aromatic rings. The van der Waals surface area contributed by atoms with Crippen LogP contribution in [0, 0.1) is 6.92 Å². The molecule has 20 heavy (non-hydrogen) atoms. The molecular weight excluding hydrogens is 252 g/mol. The molecule has 0 bridgehead atoms. The largest absolute Gasteiger partial charge is 0.353 e. The van der Waals surface area contributed by atoms with Gasteiger partial charge in [-0.1, -0.05) is 25.7 Å². The second-order valence-corrected chi connectivity index (χ2v) is 5.67. The average molecular weight is 278 g/mol. The van der Waals surface area contributed by atoms with Gasteiger partial charge >= 0.3 is 0 Å². The lowest BCUT2D eigenvalue weighted by atomic mass is 10.1. The number of hydrogen-bond donors (Lipinski definition) is 2. The molecule has 5 nitrogen and oxygen atoms in total. The van der Waals surface area contributed by atoms with E-state index in [1.54, 1.807) is 6.07 Å². The van der Waals surface area contributed by atoms with Crippen molar-refractivity contribution in [1.82, 2.24) is 9.97 Å². The molecule has 1 saturated carbocycles. The quantitative estimate of drug-likeness (QED) is 0.807. The van der Waals surface area contributed by atoms with Gasteiger partial charge in [-0.25, -0.2) is 4.98 Å². The lowest BCUT2D eigenvalue weighted by Crippen LogP contribution is -2.38. The number of nitrogens with zero attached hydrogens (tertiary/aromatic N) is 2. The van der Waals surface area contributed by atoms with Crippen molar-refractivity contribution in [2.45, 2.75) is 57.9 Å². The molecular formula is C15H26N4O. The second kappa shape index (κ2) is 7.43. The SMILES string of the molecule is Cc1nc(N(CCCN)C2CCCCCC2)cc(=O)[nH]1. The summed E-state index contributed by atoms with van der Waals surface area (Å²) < 4.78 is 0. The van der Waals surface area contributed by atoms with E-state index in [1.165, 1.54) is 38.5 Å². The first kappa shape index (κ1) is 15.0. The molecule has 5 heteroatoms. The number of hydrogen-bond acceptors (Lipinski definition) is 4. The summed E-state index contributed by atoms with van der Waals surface area (Å²) in [5.41, 5.74) is 5.59. The van der Waals surface area contributed by atoms with E-state index < -0.39 is 0 Å². The predicted octanol–water partition coefficient (Wildman–Crippen LogP) is 1.96. The summed E-state index contributed by atoms with van der Waals surface area (Å²) in [6, 6.07) is 2.12. The normalized spacial score (nSPS) is 16.9. The van der Waals surface area contributed by atoms with E-state index in [-0.39, 0.29) is 5.56 Å². The van der Waals surface area contributed by atoms with Crippen LogP contribution in [0.5, 0.6) is 0 Å². The highest BCUT2D eigenvalue weighted by atomic mass is 16.1. The molecule has 0 aromatic carbocycles. The molecule has 3 N–H and O–H groups in total. The van der Waals surface area contributed by atoms with Gasteiger partial charge in [-0.15, -0.1) is 0 Å². The van der Waals surface area contributed by atoms with Gasteiger partial charge in [-0.2, -0.15) is 0 Å². The van der Waals surface area contributed by atoms with E-state index in [2.05, 4.69) is 14.9 Å². The maximum absolute atomic E-state index is 11.7. The van der Waals surface area contributed by atoms with Crippen molar-refractivity contribution >= 4 is 5.82 Å². The van der Waals surface area contributed by atoms with Crippen LogP contribution in [0.2, 0.25) is 0 Å². The summed E-state index contributed by atoms with van der Waals surface area (Å²) in [6.07, 6.45) is 8.50. The lowest BCUT2D eigenvalue weighted by molar-refractivity contribution is 0.514. The van der Waals surface area contributed by atoms with E-state index in [0.29, 0.717) is 18.4 Å². The predicted molar refractivity (Wildman–Crippen MR) is 82.1 cm³/mol. The number of nitrogens with two attached hydrogens (primary N) is 1. The van der Waals surface area contributed by atoms with Crippen LogP contribution in [0.15, 0.2) is 10.9 Å². The molecule has 2 rings (SSSR count). The van der Waals surface area contributed by atoms with Gasteiger partial charge in [0.25, 0.3) is 5.56 Å². The minimum Gasteiger partial charge on any atom is -0.353 e. The van der Waals surface area contributed by atoms with Crippen LogP contribution in [0.3, 0.4) is 0 Å². The molecule has 1 aliphatic carbocycles. The zero-order valence-corrected chi connectivity index (χ0v) is 12.4. The first-order chi connectivity index (χ1) is 9.70. The molecule has 0 aliphatic heterocycles. The molecule has 1 aromatic heterocycles. The second-order valence-electron chi connectivity index (χ2n) is 5.67. The van der Waals surface area contributed by atoms with Gasteiger partial charge in [0, 0.05) is 18.7 Å². The van der Waals surface area contributed by atoms with Crippen molar-refractivity contribution in [3.8, 4) is 0 Å². The topological polar surface area (TPSA) is 75.0 Å². The summed E-state index contributed by atoms with van der Waals surface area (Å²) in [7, 11) is 0. The summed E-state index contributed by atoms with van der Waals surface area (Å²) in [5, 5.41) is 0. The number of nitrogens with one attached hydrogen (secondary N) is 1. The molecule has 112 valence electrons. The van der Waals surface area contributed by atoms with Crippen LogP contribution in [-0.4, -0.2) is 29.1 Å². The van der Waals surface area contributed by atoms with Crippen LogP contribution >= 0.6 is 0 Å². The highest BCUT2D eigenvalue weighted by Crippen LogP contribution is 2.25. The van der Waals surface area contributed by atoms with Gasteiger partial charge in [-0.3, -0.25) is 4.79 Å². The third kappa shape index (κ3) is 4.07. The van der Waals surface area contributed by atoms with Gasteiger partial charge < -0.3 is 15.6 Å². The summed E-state index contributed by atoms with van der Waals surface area (Å²) in [5.74, 6) is 1.49. The lowest BCUT2D eigenvalue weighted by Gasteiger charge is -2.32. The number of H-pyrrole nitrogens is 1. The van der Waals surface area contributed by atoms with Crippen LogP contribution < -0.4 is 16.2 Å². The Kier molecular flexibility index (Phi) is 5.59. The van der Waals surface area contributed by atoms with Crippen molar-refractivity contribution < 1.29 is 0 Å². The summed E-state index contributed by atoms with van der Waals surface area (Å²) >= 11 is 0. The Bertz CT molecular complexity index is 463. The molecule has 1 heterocycles. The number of aromatic nitrogens is 2. The third-order valence-corrected chi connectivity index (χ3v) is 4.01. The number of aromatic amines is 1. The molecule has 0 amide bonds. The summed E-state index contributed by atoms with van der Waals surface area (Å²) in [4.78, 5) is 21.2. The van der Waals surface area contributed by atoms with E-state index in [9.17, 15) is 4.79 Å². The standard InChI is InChI=1S/C15H26N4O/c1-12-17-14(11-15(20)18-12)19(10-6-9-16)13-7-4-2-3-5-8-13/h11,13H,2-10,16H2,1H3,(H,17,18,20). The van der Waals surface area contributed by atoms with Crippen LogP contribution in [-0.2, 0) is 0 Å². The van der Waals surface area contributed by atoms with Crippen LogP contribution in [0.4, 0.5) is 5.82 Å². The van der Waals surface area contributed by atoms with Gasteiger partial charge in [0.15, 0.2) is 0 Å². The van der Waals surface area contributed by atoms with Crippen molar-refractivity contribution in [3.05, 3.63) is 22.2 Å². The Balaban J connectivity index is 2.22. The van der Waals surface area contributed by atoms with E-state index >= 15 is 0 Å². The van der Waals surface area contributed by atoms with Crippen molar-refractivity contribution in [2.75, 3.05) is 18.0 Å². The van der Waals surface area contributed by atoms with Crippen LogP contribution in [0.25, 0.3) is 0 Å². The first-order valence-corrected chi connectivity index (χ1v) is 7.75. The van der Waals surface area contributed by atoms with Gasteiger partial charge in [0.1, 0.15) is 11.6 Å². The van der Waals surface area contributed by atoms with E-state index in [1.807, 2.05) is 6.92 Å². The highest BCUT2D eigenvalue weighted by Gasteiger charge is 2.21. The zero-order valence-electron chi connectivity index (χ0n) is 12.4. The third-order valence-electron chi connectivity index (χ3n) is 4.01. The Labute approximate surface area is 120 Å². The molecule has 0 atom stereocenters. The minimum absolute atomic E-state index is 0.0705. The average Bonchev–Trinajstić information content (AvgIpc) is 2.67. The van der Waals surface area contributed by atoms with Crippen molar-refractivity contribution in [2.24, 2.45) is 5.73 Å². The fourth-order valence-electron chi connectivity index (χ4n) is 3.03. The molecule has 0 spiro atoms. The Morgan fingerprint density at radius 3 is 2.65 bits per heavy atom. The molecule has 0 saturated heterocycles. The fraction of sp³-hybridized carbons (Fsp3) is 0.733. The maximum atomic E-state index is 11.7. The Morgan fingerprint density at radius 1 is 1.35 bits per heavy atom. The molecule has 1 fully saturated rings. The first-order valence-electron chi connectivity index (χ1n) is 7.75. The van der Waals surface area contributed by atoms with E-state index in [4.69, 9.17) is 5.73 Å². The van der Waals surface area contributed by atoms with Gasteiger partial charge in [0.05, 0.1) is 0 Å². The zero-order chi connectivity index (χ0) is 14.4. The number of anilines is 1. The minimum atomic E-state index is -0.0705. The molecule has 0 radical (unpaired) electrons. The fourth-order valence-corrected chi connectivity index (χ4v) is 3.03. The van der Waals surface area contributed by atoms with Crippen molar-refractivity contribution in [1.29, 1.82) is 0 Å². The van der Waals surface area contributed by atoms with Crippen LogP contribution in [0.1, 0.15) is 50.8 Å². The number of aryl methyl sites for hydroxylation is 1. The Morgan fingerprint density at radius 2 is 2.05 bits per heavy atom. The maximum Gasteiger partial charge on any atom is 0.252 e. The Hall–Kier alpha value is -1.36. The van der Waals surface area contributed by atoms with Gasteiger partial charge in [0.2, 0.25) is 0 Å². The highest BCUT2D eigenvalue weighted by molar-refractivity contribution is 5.39. The smallest absolute Gasteiger partial charge is 0.252 e. The number of rotatable bonds is 5. The molecule has 0 unspecified atom stereocenters. The van der Waals surface area contributed by atoms with Gasteiger partial charge in [-0.05, 0) is 32.7 Å². The summed E-state index contributed by atoms with van der Waals surface area (Å²) in [6.45, 7) is 3.39. The van der Waals surface area contributed by atoms with Crippen molar-refractivity contribution in [3.63, 3.8) is 0 Å². The molecule has 1 aliphatic rings. The monoisotopic (exact) mass is 278 g/mol. The van der Waals surface area contributed by atoms with E-state index in [0.717, 1.165) is 18.8 Å².